The maximum Gasteiger partial charge on any atom is 0.120 e. The van der Waals surface area contributed by atoms with E-state index in [1.165, 1.54) is 0 Å². The van der Waals surface area contributed by atoms with Gasteiger partial charge in [-0.05, 0) is 39.0 Å². The SMILES string of the molecule is CCNc1c(C#N)cnc2ccc(OC(C)C)cc12. The molecular formula is C15H17N3O. The van der Waals surface area contributed by atoms with Crippen LogP contribution in [0.25, 0.3) is 10.9 Å². The molecule has 4 heteroatoms. The smallest absolute Gasteiger partial charge is 0.120 e. The van der Waals surface area contributed by atoms with Crippen LogP contribution in [0.5, 0.6) is 5.75 Å². The number of benzene rings is 1. The lowest BCUT2D eigenvalue weighted by atomic mass is 10.1. The molecule has 0 aliphatic heterocycles. The summed E-state index contributed by atoms with van der Waals surface area (Å²) in [6.45, 7) is 6.73. The number of fused-ring (bicyclic) bond motifs is 1. The van der Waals surface area contributed by atoms with Crippen LogP contribution in [0.1, 0.15) is 26.3 Å². The molecule has 0 saturated heterocycles. The van der Waals surface area contributed by atoms with E-state index in [1.54, 1.807) is 6.20 Å². The summed E-state index contributed by atoms with van der Waals surface area (Å²) in [6, 6.07) is 7.91. The summed E-state index contributed by atoms with van der Waals surface area (Å²) in [4.78, 5) is 4.30. The van der Waals surface area contributed by atoms with E-state index in [0.717, 1.165) is 28.9 Å². The van der Waals surface area contributed by atoms with Crippen molar-refractivity contribution in [2.45, 2.75) is 26.9 Å². The summed E-state index contributed by atoms with van der Waals surface area (Å²) >= 11 is 0. The number of anilines is 1. The van der Waals surface area contributed by atoms with E-state index >= 15 is 0 Å². The van der Waals surface area contributed by atoms with Gasteiger partial charge >= 0.3 is 0 Å². The summed E-state index contributed by atoms with van der Waals surface area (Å²) in [5.74, 6) is 0.790. The third-order valence-electron chi connectivity index (χ3n) is 2.69. The van der Waals surface area contributed by atoms with Crippen LogP contribution in [0.15, 0.2) is 24.4 Å². The highest BCUT2D eigenvalue weighted by Gasteiger charge is 2.09. The van der Waals surface area contributed by atoms with Gasteiger partial charge in [0.15, 0.2) is 0 Å². The fourth-order valence-electron chi connectivity index (χ4n) is 1.97. The largest absolute Gasteiger partial charge is 0.491 e. The second-order valence-corrected chi connectivity index (χ2v) is 4.53. The second kappa shape index (κ2) is 5.57. The first-order valence-corrected chi connectivity index (χ1v) is 6.39. The molecule has 1 heterocycles. The Bertz CT molecular complexity index is 629. The number of rotatable bonds is 4. The van der Waals surface area contributed by atoms with Gasteiger partial charge in [0.2, 0.25) is 0 Å². The molecule has 0 unspecified atom stereocenters. The molecule has 0 spiro atoms. The van der Waals surface area contributed by atoms with E-state index in [9.17, 15) is 0 Å². The van der Waals surface area contributed by atoms with Crippen molar-refractivity contribution in [1.82, 2.24) is 4.98 Å². The van der Waals surface area contributed by atoms with Gasteiger partial charge in [0.05, 0.1) is 22.9 Å². The van der Waals surface area contributed by atoms with Crippen LogP contribution in [-0.2, 0) is 0 Å². The zero-order valence-electron chi connectivity index (χ0n) is 11.4. The predicted molar refractivity (Wildman–Crippen MR) is 76.4 cm³/mol. The molecule has 2 rings (SSSR count). The molecule has 0 bridgehead atoms. The lowest BCUT2D eigenvalue weighted by molar-refractivity contribution is 0.243. The molecule has 0 amide bonds. The Morgan fingerprint density at radius 2 is 2.21 bits per heavy atom. The molecule has 98 valence electrons. The Hall–Kier alpha value is -2.28. The molecule has 1 aromatic carbocycles. The number of hydrogen-bond acceptors (Lipinski definition) is 4. The minimum atomic E-state index is 0.118. The lowest BCUT2D eigenvalue weighted by Crippen LogP contribution is -2.06. The first-order chi connectivity index (χ1) is 9.15. The molecule has 0 aliphatic rings. The molecule has 0 aliphatic carbocycles. The quantitative estimate of drug-likeness (QED) is 0.910. The van der Waals surface area contributed by atoms with Crippen LogP contribution in [0.4, 0.5) is 5.69 Å². The van der Waals surface area contributed by atoms with E-state index in [4.69, 9.17) is 10.00 Å². The summed E-state index contributed by atoms with van der Waals surface area (Å²) in [7, 11) is 0. The Balaban J connectivity index is 2.60. The van der Waals surface area contributed by atoms with Crippen LogP contribution in [0.3, 0.4) is 0 Å². The van der Waals surface area contributed by atoms with Crippen molar-refractivity contribution < 1.29 is 4.74 Å². The molecule has 1 aromatic heterocycles. The Kier molecular flexibility index (Phi) is 3.86. The Morgan fingerprint density at radius 1 is 1.42 bits per heavy atom. The predicted octanol–water partition coefficient (Wildman–Crippen LogP) is 3.33. The number of ether oxygens (including phenoxy) is 1. The molecule has 4 nitrogen and oxygen atoms in total. The third kappa shape index (κ3) is 2.76. The Morgan fingerprint density at radius 3 is 2.84 bits per heavy atom. The highest BCUT2D eigenvalue weighted by atomic mass is 16.5. The molecule has 0 atom stereocenters. The topological polar surface area (TPSA) is 57.9 Å². The summed E-state index contributed by atoms with van der Waals surface area (Å²) in [5.41, 5.74) is 2.23. The fourth-order valence-corrected chi connectivity index (χ4v) is 1.97. The van der Waals surface area contributed by atoms with E-state index in [2.05, 4.69) is 16.4 Å². The molecule has 0 fully saturated rings. The maximum absolute atomic E-state index is 9.16. The lowest BCUT2D eigenvalue weighted by Gasteiger charge is -2.13. The fraction of sp³-hybridized carbons (Fsp3) is 0.333. The number of nitriles is 1. The van der Waals surface area contributed by atoms with Crippen molar-refractivity contribution in [3.8, 4) is 11.8 Å². The van der Waals surface area contributed by atoms with Gasteiger partial charge in [-0.25, -0.2) is 0 Å². The van der Waals surface area contributed by atoms with Gasteiger partial charge < -0.3 is 10.1 Å². The first-order valence-electron chi connectivity index (χ1n) is 6.39. The van der Waals surface area contributed by atoms with Crippen molar-refractivity contribution in [1.29, 1.82) is 5.26 Å². The molecule has 0 saturated carbocycles. The van der Waals surface area contributed by atoms with Crippen molar-refractivity contribution in [3.63, 3.8) is 0 Å². The van der Waals surface area contributed by atoms with Gasteiger partial charge in [-0.1, -0.05) is 0 Å². The van der Waals surface area contributed by atoms with Crippen LogP contribution < -0.4 is 10.1 Å². The molecule has 2 aromatic rings. The van der Waals surface area contributed by atoms with Gasteiger partial charge in [-0.3, -0.25) is 4.98 Å². The summed E-state index contributed by atoms with van der Waals surface area (Å²) in [5, 5.41) is 13.3. The van der Waals surface area contributed by atoms with Gasteiger partial charge in [0.1, 0.15) is 11.8 Å². The standard InChI is InChI=1S/C15H17N3O/c1-4-17-15-11(8-16)9-18-14-6-5-12(7-13(14)15)19-10(2)3/h5-7,9-10H,4H2,1-3H3,(H,17,18). The van der Waals surface area contributed by atoms with Crippen LogP contribution in [0, 0.1) is 11.3 Å². The van der Waals surface area contributed by atoms with Crippen molar-refractivity contribution >= 4 is 16.6 Å². The molecular weight excluding hydrogens is 238 g/mol. The summed E-state index contributed by atoms with van der Waals surface area (Å²) in [6.07, 6.45) is 1.72. The van der Waals surface area contributed by atoms with Crippen LogP contribution in [0.2, 0.25) is 0 Å². The van der Waals surface area contributed by atoms with E-state index in [0.29, 0.717) is 5.56 Å². The minimum Gasteiger partial charge on any atom is -0.491 e. The third-order valence-corrected chi connectivity index (χ3v) is 2.69. The number of nitrogens with zero attached hydrogens (tertiary/aromatic N) is 2. The van der Waals surface area contributed by atoms with E-state index in [-0.39, 0.29) is 6.10 Å². The highest BCUT2D eigenvalue weighted by molar-refractivity contribution is 5.94. The average Bonchev–Trinajstić information content (AvgIpc) is 2.39. The number of pyridine rings is 1. The van der Waals surface area contributed by atoms with Crippen LogP contribution >= 0.6 is 0 Å². The van der Waals surface area contributed by atoms with Gasteiger partial charge in [0.25, 0.3) is 0 Å². The number of aromatic nitrogens is 1. The molecule has 1 N–H and O–H groups in total. The zero-order chi connectivity index (χ0) is 13.8. The van der Waals surface area contributed by atoms with E-state index in [1.807, 2.05) is 39.0 Å². The summed E-state index contributed by atoms with van der Waals surface area (Å²) < 4.78 is 5.69. The average molecular weight is 255 g/mol. The molecule has 0 radical (unpaired) electrons. The first kappa shape index (κ1) is 13.2. The second-order valence-electron chi connectivity index (χ2n) is 4.53. The van der Waals surface area contributed by atoms with Crippen LogP contribution in [-0.4, -0.2) is 17.6 Å². The minimum absolute atomic E-state index is 0.118. The monoisotopic (exact) mass is 255 g/mol. The Labute approximate surface area is 113 Å². The van der Waals surface area contributed by atoms with Crippen molar-refractivity contribution in [3.05, 3.63) is 30.0 Å². The number of hydrogen-bond donors (Lipinski definition) is 1. The zero-order valence-corrected chi connectivity index (χ0v) is 11.4. The normalized spacial score (nSPS) is 10.5. The highest BCUT2D eigenvalue weighted by Crippen LogP contribution is 2.29. The number of nitrogens with one attached hydrogen (secondary N) is 1. The van der Waals surface area contributed by atoms with Gasteiger partial charge in [-0.15, -0.1) is 0 Å². The van der Waals surface area contributed by atoms with Gasteiger partial charge in [0, 0.05) is 18.1 Å². The van der Waals surface area contributed by atoms with Crippen molar-refractivity contribution in [2.24, 2.45) is 0 Å². The van der Waals surface area contributed by atoms with Crippen molar-refractivity contribution in [2.75, 3.05) is 11.9 Å². The molecule has 19 heavy (non-hydrogen) atoms. The van der Waals surface area contributed by atoms with Gasteiger partial charge in [-0.2, -0.15) is 5.26 Å². The maximum atomic E-state index is 9.16. The van der Waals surface area contributed by atoms with E-state index < -0.39 is 0 Å².